The van der Waals surface area contributed by atoms with Gasteiger partial charge in [0.05, 0.1) is 0 Å². The largest absolute Gasteiger partial charge is 0.491 e. The zero-order valence-corrected chi connectivity index (χ0v) is 14.7. The number of likely N-dealkylation sites (tertiary alicyclic amines) is 1. The highest BCUT2D eigenvalue weighted by molar-refractivity contribution is 6.27. The van der Waals surface area contributed by atoms with E-state index in [0.29, 0.717) is 6.61 Å². The minimum atomic E-state index is -1.82. The maximum atomic E-state index is 10.0. The fourth-order valence-electron chi connectivity index (χ4n) is 2.49. The van der Waals surface area contributed by atoms with Crippen LogP contribution in [0.3, 0.4) is 0 Å². The summed E-state index contributed by atoms with van der Waals surface area (Å²) in [6, 6.07) is 7.94. The van der Waals surface area contributed by atoms with Gasteiger partial charge < -0.3 is 25.0 Å². The SMILES string of the molecule is Cc1cccc(OCC(O)CN2CCC(C)CC2)c1.O=C(O)C(=O)O. The maximum Gasteiger partial charge on any atom is 0.414 e. The predicted octanol–water partition coefficient (Wildman–Crippen LogP) is 1.62. The number of aryl methyl sites for hydroxylation is 1. The maximum absolute atomic E-state index is 10.0. The number of hydrogen-bond acceptors (Lipinski definition) is 5. The second kappa shape index (κ2) is 10.7. The van der Waals surface area contributed by atoms with E-state index in [1.165, 1.54) is 18.4 Å². The van der Waals surface area contributed by atoms with Crippen molar-refractivity contribution in [2.75, 3.05) is 26.2 Å². The number of aliphatic carboxylic acids is 2. The second-order valence-electron chi connectivity index (χ2n) is 6.37. The number of aliphatic hydroxyl groups is 1. The van der Waals surface area contributed by atoms with E-state index in [2.05, 4.69) is 11.8 Å². The molecular formula is C18H27NO6. The molecule has 1 unspecified atom stereocenters. The van der Waals surface area contributed by atoms with E-state index >= 15 is 0 Å². The molecule has 1 fully saturated rings. The molecule has 25 heavy (non-hydrogen) atoms. The van der Waals surface area contributed by atoms with Gasteiger partial charge >= 0.3 is 11.9 Å². The van der Waals surface area contributed by atoms with Crippen LogP contribution in [-0.4, -0.2) is 64.5 Å². The van der Waals surface area contributed by atoms with Crippen LogP contribution >= 0.6 is 0 Å². The van der Waals surface area contributed by atoms with Gasteiger partial charge in [-0.1, -0.05) is 19.1 Å². The molecular weight excluding hydrogens is 326 g/mol. The van der Waals surface area contributed by atoms with Crippen LogP contribution in [-0.2, 0) is 9.59 Å². The molecule has 1 aliphatic heterocycles. The van der Waals surface area contributed by atoms with Crippen LogP contribution in [0.5, 0.6) is 5.75 Å². The molecule has 0 saturated carbocycles. The lowest BCUT2D eigenvalue weighted by Crippen LogP contribution is -2.40. The van der Waals surface area contributed by atoms with Gasteiger partial charge in [-0.05, 0) is 56.5 Å². The first-order valence-corrected chi connectivity index (χ1v) is 8.34. The number of nitrogens with zero attached hydrogens (tertiary/aromatic N) is 1. The van der Waals surface area contributed by atoms with Crippen LogP contribution in [0.15, 0.2) is 24.3 Å². The monoisotopic (exact) mass is 353 g/mol. The lowest BCUT2D eigenvalue weighted by molar-refractivity contribution is -0.159. The van der Waals surface area contributed by atoms with Gasteiger partial charge in [-0.25, -0.2) is 9.59 Å². The molecule has 1 aliphatic rings. The molecule has 1 aromatic rings. The molecule has 0 bridgehead atoms. The number of carboxylic acids is 2. The minimum absolute atomic E-state index is 0.371. The topological polar surface area (TPSA) is 107 Å². The summed E-state index contributed by atoms with van der Waals surface area (Å²) in [6.07, 6.45) is 2.07. The third-order valence-corrected chi connectivity index (χ3v) is 3.96. The van der Waals surface area contributed by atoms with Crippen LogP contribution in [0.4, 0.5) is 0 Å². The van der Waals surface area contributed by atoms with E-state index in [-0.39, 0.29) is 0 Å². The Balaban J connectivity index is 0.000000450. The Bertz CT molecular complexity index is 542. The molecule has 7 heteroatoms. The standard InChI is InChI=1S/C16H25NO2.C2H2O4/c1-13-6-8-17(9-7-13)11-15(18)12-19-16-5-3-4-14(2)10-16;3-1(4)2(5)6/h3-5,10,13,15,18H,6-9,11-12H2,1-2H3;(H,3,4)(H,5,6). The van der Waals surface area contributed by atoms with Crippen LogP contribution in [0.25, 0.3) is 0 Å². The third-order valence-electron chi connectivity index (χ3n) is 3.96. The Labute approximate surface area is 147 Å². The Morgan fingerprint density at radius 3 is 2.36 bits per heavy atom. The molecule has 1 aromatic carbocycles. The van der Waals surface area contributed by atoms with E-state index < -0.39 is 18.0 Å². The smallest absolute Gasteiger partial charge is 0.414 e. The fraction of sp³-hybridized carbons (Fsp3) is 0.556. The molecule has 0 spiro atoms. The molecule has 3 N–H and O–H groups in total. The van der Waals surface area contributed by atoms with Gasteiger partial charge in [0.2, 0.25) is 0 Å². The Morgan fingerprint density at radius 1 is 1.24 bits per heavy atom. The van der Waals surface area contributed by atoms with Crippen molar-refractivity contribution in [1.82, 2.24) is 4.90 Å². The zero-order chi connectivity index (χ0) is 18.8. The summed E-state index contributed by atoms with van der Waals surface area (Å²) in [5.74, 6) is -1.98. The molecule has 0 radical (unpaired) electrons. The van der Waals surface area contributed by atoms with Crippen molar-refractivity contribution in [1.29, 1.82) is 0 Å². The number of hydrogen-bond donors (Lipinski definition) is 3. The highest BCUT2D eigenvalue weighted by atomic mass is 16.5. The van der Waals surface area contributed by atoms with Crippen molar-refractivity contribution in [2.45, 2.75) is 32.8 Å². The summed E-state index contributed by atoms with van der Waals surface area (Å²) in [5, 5.41) is 24.8. The second-order valence-corrected chi connectivity index (χ2v) is 6.37. The quantitative estimate of drug-likeness (QED) is 0.691. The van der Waals surface area contributed by atoms with Gasteiger partial charge in [0, 0.05) is 6.54 Å². The summed E-state index contributed by atoms with van der Waals surface area (Å²) >= 11 is 0. The van der Waals surface area contributed by atoms with Crippen LogP contribution < -0.4 is 4.74 Å². The van der Waals surface area contributed by atoms with Gasteiger partial charge in [-0.3, -0.25) is 0 Å². The molecule has 0 amide bonds. The Hall–Kier alpha value is -2.12. The first kappa shape index (κ1) is 20.9. The van der Waals surface area contributed by atoms with E-state index in [4.69, 9.17) is 24.5 Å². The number of ether oxygens (including phenoxy) is 1. The average molecular weight is 353 g/mol. The van der Waals surface area contributed by atoms with Gasteiger partial charge in [0.25, 0.3) is 0 Å². The number of aliphatic hydroxyl groups excluding tert-OH is 1. The van der Waals surface area contributed by atoms with Gasteiger partial charge in [-0.2, -0.15) is 0 Å². The van der Waals surface area contributed by atoms with Crippen molar-refractivity contribution >= 4 is 11.9 Å². The first-order chi connectivity index (χ1) is 11.8. The van der Waals surface area contributed by atoms with Crippen molar-refractivity contribution in [3.63, 3.8) is 0 Å². The van der Waals surface area contributed by atoms with Gasteiger partial charge in [0.1, 0.15) is 18.5 Å². The molecule has 0 aromatic heterocycles. The lowest BCUT2D eigenvalue weighted by Gasteiger charge is -2.31. The van der Waals surface area contributed by atoms with E-state index in [1.807, 2.05) is 31.2 Å². The number of β-amino-alcohol motifs (C(OH)–C–C–N with tert-alkyl or cyclic N) is 1. The summed E-state index contributed by atoms with van der Waals surface area (Å²) in [4.78, 5) is 20.5. The molecule has 1 saturated heterocycles. The zero-order valence-electron chi connectivity index (χ0n) is 14.7. The normalized spacial score (nSPS) is 16.4. The highest BCUT2D eigenvalue weighted by Gasteiger charge is 2.18. The minimum Gasteiger partial charge on any atom is -0.491 e. The van der Waals surface area contributed by atoms with Crippen molar-refractivity contribution in [3.8, 4) is 5.75 Å². The molecule has 7 nitrogen and oxygen atoms in total. The third kappa shape index (κ3) is 9.07. The fourth-order valence-corrected chi connectivity index (χ4v) is 2.49. The number of carbonyl (C=O) groups is 2. The van der Waals surface area contributed by atoms with Crippen molar-refractivity contribution in [3.05, 3.63) is 29.8 Å². The number of rotatable bonds is 5. The molecule has 2 rings (SSSR count). The molecule has 1 heterocycles. The van der Waals surface area contributed by atoms with Crippen LogP contribution in [0.2, 0.25) is 0 Å². The van der Waals surface area contributed by atoms with Crippen molar-refractivity contribution in [2.24, 2.45) is 5.92 Å². The van der Waals surface area contributed by atoms with Crippen molar-refractivity contribution < 1.29 is 29.6 Å². The molecule has 1 atom stereocenters. The molecule has 0 aliphatic carbocycles. The summed E-state index contributed by atoms with van der Waals surface area (Å²) in [6.45, 7) is 7.63. The van der Waals surface area contributed by atoms with E-state index in [1.54, 1.807) is 0 Å². The average Bonchev–Trinajstić information content (AvgIpc) is 2.56. The van der Waals surface area contributed by atoms with Crippen LogP contribution in [0, 0.1) is 12.8 Å². The number of piperidine rings is 1. The van der Waals surface area contributed by atoms with Gasteiger partial charge in [0.15, 0.2) is 0 Å². The van der Waals surface area contributed by atoms with Gasteiger partial charge in [-0.15, -0.1) is 0 Å². The summed E-state index contributed by atoms with van der Waals surface area (Å²) in [7, 11) is 0. The summed E-state index contributed by atoms with van der Waals surface area (Å²) < 4.78 is 5.63. The first-order valence-electron chi connectivity index (χ1n) is 8.34. The Kier molecular flexibility index (Phi) is 8.94. The van der Waals surface area contributed by atoms with E-state index in [9.17, 15) is 5.11 Å². The predicted molar refractivity (Wildman–Crippen MR) is 92.8 cm³/mol. The summed E-state index contributed by atoms with van der Waals surface area (Å²) in [5.41, 5.74) is 1.18. The molecule has 140 valence electrons. The lowest BCUT2D eigenvalue weighted by atomic mass is 9.99. The highest BCUT2D eigenvalue weighted by Crippen LogP contribution is 2.16. The van der Waals surface area contributed by atoms with Crippen LogP contribution in [0.1, 0.15) is 25.3 Å². The van der Waals surface area contributed by atoms with E-state index in [0.717, 1.165) is 31.3 Å². The number of benzene rings is 1. The number of carboxylic acid groups (broad SMARTS) is 2. The Morgan fingerprint density at radius 2 is 1.84 bits per heavy atom.